The van der Waals surface area contributed by atoms with Gasteiger partial charge in [-0.15, -0.1) is 0 Å². The molecule has 0 bridgehead atoms. The van der Waals surface area contributed by atoms with E-state index in [1.165, 1.54) is 5.56 Å². The zero-order valence-electron chi connectivity index (χ0n) is 11.0. The average Bonchev–Trinajstić information content (AvgIpc) is 2.46. The van der Waals surface area contributed by atoms with E-state index < -0.39 is 0 Å². The maximum atomic E-state index is 5.50. The first kappa shape index (κ1) is 13.3. The van der Waals surface area contributed by atoms with Crippen LogP contribution in [0, 0.1) is 0 Å². The summed E-state index contributed by atoms with van der Waals surface area (Å²) in [5.41, 5.74) is 1.22. The molecule has 1 aliphatic heterocycles. The van der Waals surface area contributed by atoms with E-state index in [1.807, 2.05) is 12.1 Å². The summed E-state index contributed by atoms with van der Waals surface area (Å²) >= 11 is 0. The summed E-state index contributed by atoms with van der Waals surface area (Å²) in [5, 5.41) is 3.48. The van der Waals surface area contributed by atoms with Crippen molar-refractivity contribution >= 4 is 0 Å². The molecule has 1 unspecified atom stereocenters. The second-order valence-corrected chi connectivity index (χ2v) is 4.51. The highest BCUT2D eigenvalue weighted by atomic mass is 16.7. The molecule has 1 aromatic rings. The van der Waals surface area contributed by atoms with Gasteiger partial charge in [-0.1, -0.05) is 12.1 Å². The van der Waals surface area contributed by atoms with Gasteiger partial charge >= 0.3 is 0 Å². The Balaban J connectivity index is 1.84. The van der Waals surface area contributed by atoms with Crippen LogP contribution in [0.2, 0.25) is 0 Å². The van der Waals surface area contributed by atoms with E-state index in [0.29, 0.717) is 6.79 Å². The molecule has 100 valence electrons. The molecular formula is C14H21NO3. The second kappa shape index (κ2) is 6.73. The maximum absolute atomic E-state index is 5.50. The van der Waals surface area contributed by atoms with Crippen molar-refractivity contribution in [1.29, 1.82) is 0 Å². The van der Waals surface area contributed by atoms with Gasteiger partial charge in [-0.3, -0.25) is 0 Å². The Labute approximate surface area is 108 Å². The van der Waals surface area contributed by atoms with Crippen LogP contribution in [-0.2, 0) is 9.47 Å². The van der Waals surface area contributed by atoms with E-state index in [-0.39, 0.29) is 12.1 Å². The molecule has 1 heterocycles. The fraction of sp³-hybridized carbons (Fsp3) is 0.571. The third-order valence-electron chi connectivity index (χ3n) is 3.22. The van der Waals surface area contributed by atoms with Gasteiger partial charge in [-0.2, -0.15) is 0 Å². The SMILES string of the molecule is COc1cccc([C@@H](C)NCC2CCOCO2)c1. The standard InChI is InChI=1S/C14H21NO3/c1-11(12-4-3-5-13(8-12)16-2)15-9-14-6-7-17-10-18-14/h3-5,8,11,14-15H,6-7,9-10H2,1-2H3/t11-,14?/m1/s1. The molecule has 0 radical (unpaired) electrons. The van der Waals surface area contributed by atoms with Crippen molar-refractivity contribution in [2.75, 3.05) is 27.1 Å². The van der Waals surface area contributed by atoms with Crippen LogP contribution in [0.25, 0.3) is 0 Å². The molecule has 4 heteroatoms. The largest absolute Gasteiger partial charge is 0.497 e. The first-order valence-corrected chi connectivity index (χ1v) is 6.36. The lowest BCUT2D eigenvalue weighted by Gasteiger charge is -2.25. The Morgan fingerprint density at radius 2 is 2.39 bits per heavy atom. The average molecular weight is 251 g/mol. The van der Waals surface area contributed by atoms with Crippen LogP contribution in [0.5, 0.6) is 5.75 Å². The molecule has 2 atom stereocenters. The molecule has 0 saturated carbocycles. The summed E-state index contributed by atoms with van der Waals surface area (Å²) in [6.45, 7) is 4.20. The third-order valence-corrected chi connectivity index (χ3v) is 3.22. The highest BCUT2D eigenvalue weighted by Crippen LogP contribution is 2.19. The monoisotopic (exact) mass is 251 g/mol. The highest BCUT2D eigenvalue weighted by Gasteiger charge is 2.15. The minimum atomic E-state index is 0.256. The van der Waals surface area contributed by atoms with Crippen LogP contribution in [0.15, 0.2) is 24.3 Å². The Bertz CT molecular complexity index is 364. The lowest BCUT2D eigenvalue weighted by atomic mass is 10.1. The molecule has 0 spiro atoms. The Morgan fingerprint density at radius 3 is 3.11 bits per heavy atom. The molecule has 0 amide bonds. The van der Waals surface area contributed by atoms with Gasteiger partial charge in [-0.05, 0) is 31.0 Å². The highest BCUT2D eigenvalue weighted by molar-refractivity contribution is 5.30. The Morgan fingerprint density at radius 1 is 1.50 bits per heavy atom. The summed E-state index contributed by atoms with van der Waals surface area (Å²) in [4.78, 5) is 0. The van der Waals surface area contributed by atoms with Gasteiger partial charge in [0.25, 0.3) is 0 Å². The van der Waals surface area contributed by atoms with Crippen molar-refractivity contribution in [2.45, 2.75) is 25.5 Å². The molecule has 0 aliphatic carbocycles. The van der Waals surface area contributed by atoms with Crippen molar-refractivity contribution in [3.05, 3.63) is 29.8 Å². The van der Waals surface area contributed by atoms with E-state index in [1.54, 1.807) is 7.11 Å². The molecule has 1 fully saturated rings. The molecule has 4 nitrogen and oxygen atoms in total. The Kier molecular flexibility index (Phi) is 4.99. The number of ether oxygens (including phenoxy) is 3. The third kappa shape index (κ3) is 3.70. The van der Waals surface area contributed by atoms with Gasteiger partial charge in [0.1, 0.15) is 12.5 Å². The number of hydrogen-bond donors (Lipinski definition) is 1. The number of nitrogens with one attached hydrogen (secondary N) is 1. The lowest BCUT2D eigenvalue weighted by molar-refractivity contribution is -0.137. The van der Waals surface area contributed by atoms with Gasteiger partial charge in [0, 0.05) is 12.6 Å². The van der Waals surface area contributed by atoms with Gasteiger partial charge in [0.2, 0.25) is 0 Å². The van der Waals surface area contributed by atoms with Crippen LogP contribution < -0.4 is 10.1 Å². The quantitative estimate of drug-likeness (QED) is 0.870. The van der Waals surface area contributed by atoms with Crippen LogP contribution in [0.3, 0.4) is 0 Å². The summed E-state index contributed by atoms with van der Waals surface area (Å²) in [5.74, 6) is 0.892. The van der Waals surface area contributed by atoms with Crippen molar-refractivity contribution < 1.29 is 14.2 Å². The van der Waals surface area contributed by atoms with Gasteiger partial charge < -0.3 is 19.5 Å². The number of methoxy groups -OCH3 is 1. The molecular weight excluding hydrogens is 230 g/mol. The summed E-state index contributed by atoms with van der Waals surface area (Å²) < 4.78 is 15.9. The first-order valence-electron chi connectivity index (χ1n) is 6.36. The summed E-state index contributed by atoms with van der Waals surface area (Å²) in [6.07, 6.45) is 1.21. The van der Waals surface area contributed by atoms with Crippen molar-refractivity contribution in [2.24, 2.45) is 0 Å². The number of hydrogen-bond acceptors (Lipinski definition) is 4. The fourth-order valence-electron chi connectivity index (χ4n) is 2.00. The first-order chi connectivity index (χ1) is 8.79. The molecule has 1 saturated heterocycles. The van der Waals surface area contributed by atoms with Gasteiger partial charge in [-0.25, -0.2) is 0 Å². The van der Waals surface area contributed by atoms with Crippen LogP contribution in [0.4, 0.5) is 0 Å². The fourth-order valence-corrected chi connectivity index (χ4v) is 2.00. The smallest absolute Gasteiger partial charge is 0.147 e. The molecule has 1 aromatic carbocycles. The predicted molar refractivity (Wildman–Crippen MR) is 69.7 cm³/mol. The molecule has 0 aromatic heterocycles. The molecule has 1 N–H and O–H groups in total. The molecule has 18 heavy (non-hydrogen) atoms. The van der Waals surface area contributed by atoms with Crippen LogP contribution in [-0.4, -0.2) is 33.2 Å². The second-order valence-electron chi connectivity index (χ2n) is 4.51. The van der Waals surface area contributed by atoms with E-state index >= 15 is 0 Å². The van der Waals surface area contributed by atoms with Crippen molar-refractivity contribution in [3.63, 3.8) is 0 Å². The van der Waals surface area contributed by atoms with E-state index in [4.69, 9.17) is 14.2 Å². The Hall–Kier alpha value is -1.10. The predicted octanol–water partition coefficient (Wildman–Crippen LogP) is 2.11. The summed E-state index contributed by atoms with van der Waals surface area (Å²) in [6, 6.07) is 8.41. The normalized spacial score (nSPS) is 21.6. The molecule has 1 aliphatic rings. The number of rotatable bonds is 5. The van der Waals surface area contributed by atoms with Crippen LogP contribution >= 0.6 is 0 Å². The minimum absolute atomic E-state index is 0.256. The lowest BCUT2D eigenvalue weighted by Crippen LogP contribution is -2.35. The topological polar surface area (TPSA) is 39.7 Å². The minimum Gasteiger partial charge on any atom is -0.497 e. The number of benzene rings is 1. The maximum Gasteiger partial charge on any atom is 0.147 e. The zero-order valence-corrected chi connectivity index (χ0v) is 11.0. The van der Waals surface area contributed by atoms with E-state index in [0.717, 1.165) is 25.3 Å². The zero-order chi connectivity index (χ0) is 12.8. The van der Waals surface area contributed by atoms with Gasteiger partial charge in [0.05, 0.1) is 19.8 Å². The van der Waals surface area contributed by atoms with E-state index in [9.17, 15) is 0 Å². The van der Waals surface area contributed by atoms with Crippen LogP contribution in [0.1, 0.15) is 24.9 Å². The van der Waals surface area contributed by atoms with Crippen molar-refractivity contribution in [1.82, 2.24) is 5.32 Å². The van der Waals surface area contributed by atoms with Gasteiger partial charge in [0.15, 0.2) is 0 Å². The molecule has 2 rings (SSSR count). The van der Waals surface area contributed by atoms with Crippen molar-refractivity contribution in [3.8, 4) is 5.75 Å². The summed E-state index contributed by atoms with van der Waals surface area (Å²) in [7, 11) is 1.69. The van der Waals surface area contributed by atoms with E-state index in [2.05, 4.69) is 24.4 Å².